The number of carbonyl (C=O) groups is 1. The Hall–Kier alpha value is -2.09. The van der Waals surface area contributed by atoms with E-state index in [0.29, 0.717) is 0 Å². The normalized spacial score (nSPS) is 19.1. The molecule has 0 fully saturated rings. The Balaban J connectivity index is 2.24. The van der Waals surface area contributed by atoms with Gasteiger partial charge in [0.1, 0.15) is 0 Å². The lowest BCUT2D eigenvalue weighted by atomic mass is 9.72. The molecule has 0 N–H and O–H groups in total. The summed E-state index contributed by atoms with van der Waals surface area (Å²) < 4.78 is 0. The van der Waals surface area contributed by atoms with Crippen molar-refractivity contribution >= 4 is 5.78 Å². The smallest absolute Gasteiger partial charge is 0.186 e. The summed E-state index contributed by atoms with van der Waals surface area (Å²) >= 11 is 0. The van der Waals surface area contributed by atoms with Gasteiger partial charge in [-0.2, -0.15) is 0 Å². The Labute approximate surface area is 184 Å². The molecule has 2 rings (SSSR count). The molecule has 1 aliphatic carbocycles. The van der Waals surface area contributed by atoms with Crippen molar-refractivity contribution in [3.8, 4) is 0 Å². The predicted octanol–water partition coefficient (Wildman–Crippen LogP) is 7.68. The van der Waals surface area contributed by atoms with Gasteiger partial charge in [0.2, 0.25) is 0 Å². The van der Waals surface area contributed by atoms with Gasteiger partial charge in [0, 0.05) is 29.6 Å². The van der Waals surface area contributed by atoms with Gasteiger partial charge >= 0.3 is 0 Å². The first-order valence-corrected chi connectivity index (χ1v) is 11.5. The lowest BCUT2D eigenvalue weighted by Crippen LogP contribution is -2.27. The molecule has 1 aliphatic heterocycles. The van der Waals surface area contributed by atoms with Crippen LogP contribution in [-0.2, 0) is 4.79 Å². The third-order valence-electron chi connectivity index (χ3n) is 5.72. The molecule has 0 aromatic rings. The Morgan fingerprint density at radius 3 is 1.90 bits per heavy atom. The minimum Gasteiger partial charge on any atom is -0.352 e. The molecule has 0 unspecified atom stereocenters. The number of nitrogens with zero attached hydrogens (tertiary/aromatic N) is 1. The zero-order valence-corrected chi connectivity index (χ0v) is 20.4. The van der Waals surface area contributed by atoms with Crippen LogP contribution in [0.25, 0.3) is 0 Å². The van der Waals surface area contributed by atoms with Crippen molar-refractivity contribution in [1.29, 1.82) is 0 Å². The highest BCUT2D eigenvalue weighted by atomic mass is 16.1. The standard InChI is InChI=1S/C28H41NO/c1-9-10-11-12-16-29-17-15-22(18-21(29)2)13-14-23-19-24(27(3,4)5)26(30)25(20-23)28(6,7)8/h13-15,17-20H,9-12,16H2,1-8H3. The number of hydrogen-bond acceptors (Lipinski definition) is 2. The topological polar surface area (TPSA) is 20.3 Å². The van der Waals surface area contributed by atoms with Crippen LogP contribution in [0.4, 0.5) is 0 Å². The van der Waals surface area contributed by atoms with Gasteiger partial charge in [0.05, 0.1) is 0 Å². The fourth-order valence-electron chi connectivity index (χ4n) is 3.78. The van der Waals surface area contributed by atoms with Crippen molar-refractivity contribution in [2.75, 3.05) is 6.54 Å². The molecule has 1 heterocycles. The minimum atomic E-state index is -0.173. The van der Waals surface area contributed by atoms with Crippen LogP contribution in [0.15, 0.2) is 70.6 Å². The summed E-state index contributed by atoms with van der Waals surface area (Å²) in [6.45, 7) is 18.2. The zero-order chi connectivity index (χ0) is 22.5. The summed E-state index contributed by atoms with van der Waals surface area (Å²) in [6, 6.07) is 0. The maximum atomic E-state index is 13.1. The van der Waals surface area contributed by atoms with Gasteiger partial charge in [-0.1, -0.05) is 79.9 Å². The highest BCUT2D eigenvalue weighted by molar-refractivity contribution is 6.11. The molecule has 30 heavy (non-hydrogen) atoms. The van der Waals surface area contributed by atoms with Gasteiger partial charge in [-0.3, -0.25) is 4.79 Å². The Kier molecular flexibility index (Phi) is 7.91. The van der Waals surface area contributed by atoms with Crippen molar-refractivity contribution in [3.05, 3.63) is 70.6 Å². The SMILES string of the molecule is CCCCCCN1C=CC(=CC=C2C=C(C(C)(C)C)C(=O)C(C(C)(C)C)=C2)C=C1C. The molecule has 0 spiro atoms. The first-order valence-electron chi connectivity index (χ1n) is 11.5. The molecule has 164 valence electrons. The van der Waals surface area contributed by atoms with E-state index in [1.165, 1.54) is 37.0 Å². The molecule has 0 saturated heterocycles. The van der Waals surface area contributed by atoms with Crippen molar-refractivity contribution < 1.29 is 4.79 Å². The third-order valence-corrected chi connectivity index (χ3v) is 5.72. The number of Topliss-reactive ketones (excluding diaryl/α,β-unsaturated/α-hetero) is 1. The summed E-state index contributed by atoms with van der Waals surface area (Å²) in [6.07, 6.45) is 20.2. The molecular weight excluding hydrogens is 366 g/mol. The molecule has 0 atom stereocenters. The number of unbranched alkanes of at least 4 members (excludes halogenated alkanes) is 3. The fraction of sp³-hybridized carbons (Fsp3) is 0.536. The summed E-state index contributed by atoms with van der Waals surface area (Å²) in [5.74, 6) is 0.187. The van der Waals surface area contributed by atoms with E-state index < -0.39 is 0 Å². The maximum Gasteiger partial charge on any atom is 0.186 e. The number of hydrogen-bond donors (Lipinski definition) is 0. The minimum absolute atomic E-state index is 0.173. The summed E-state index contributed by atoms with van der Waals surface area (Å²) in [7, 11) is 0. The summed E-state index contributed by atoms with van der Waals surface area (Å²) in [4.78, 5) is 15.4. The second-order valence-electron chi connectivity index (χ2n) is 10.6. The molecule has 0 bridgehead atoms. The van der Waals surface area contributed by atoms with E-state index in [-0.39, 0.29) is 16.6 Å². The molecule has 0 aromatic carbocycles. The highest BCUT2D eigenvalue weighted by Crippen LogP contribution is 2.38. The highest BCUT2D eigenvalue weighted by Gasteiger charge is 2.33. The van der Waals surface area contributed by atoms with Crippen molar-refractivity contribution in [3.63, 3.8) is 0 Å². The quantitative estimate of drug-likeness (QED) is 0.421. The maximum absolute atomic E-state index is 13.1. The van der Waals surface area contributed by atoms with E-state index in [1.807, 2.05) is 0 Å². The second kappa shape index (κ2) is 9.81. The van der Waals surface area contributed by atoms with Crippen LogP contribution in [0.2, 0.25) is 0 Å². The van der Waals surface area contributed by atoms with E-state index >= 15 is 0 Å². The molecule has 0 saturated carbocycles. The average molecular weight is 408 g/mol. The van der Waals surface area contributed by atoms with Crippen LogP contribution in [-0.4, -0.2) is 17.2 Å². The van der Waals surface area contributed by atoms with Gasteiger partial charge in [-0.25, -0.2) is 0 Å². The Morgan fingerprint density at radius 2 is 1.40 bits per heavy atom. The third kappa shape index (κ3) is 6.45. The lowest BCUT2D eigenvalue weighted by Gasteiger charge is -2.31. The van der Waals surface area contributed by atoms with E-state index in [9.17, 15) is 4.79 Å². The van der Waals surface area contributed by atoms with E-state index in [1.54, 1.807) is 0 Å². The van der Waals surface area contributed by atoms with E-state index in [4.69, 9.17) is 0 Å². The predicted molar refractivity (Wildman–Crippen MR) is 130 cm³/mol. The first-order chi connectivity index (χ1) is 13.9. The van der Waals surface area contributed by atoms with E-state index in [0.717, 1.165) is 23.3 Å². The Morgan fingerprint density at radius 1 is 0.833 bits per heavy atom. The monoisotopic (exact) mass is 407 g/mol. The summed E-state index contributed by atoms with van der Waals surface area (Å²) in [5.41, 5.74) is 5.01. The van der Waals surface area contributed by atoms with Crippen molar-refractivity contribution in [1.82, 2.24) is 4.90 Å². The van der Waals surface area contributed by atoms with Crippen molar-refractivity contribution in [2.24, 2.45) is 10.8 Å². The molecule has 0 radical (unpaired) electrons. The van der Waals surface area contributed by atoms with Gasteiger partial charge in [-0.15, -0.1) is 0 Å². The van der Waals surface area contributed by atoms with Gasteiger partial charge in [0.25, 0.3) is 0 Å². The Bertz CT molecular complexity index is 793. The van der Waals surface area contributed by atoms with Gasteiger partial charge < -0.3 is 4.90 Å². The largest absolute Gasteiger partial charge is 0.352 e. The van der Waals surface area contributed by atoms with Crippen molar-refractivity contribution in [2.45, 2.75) is 81.1 Å². The van der Waals surface area contributed by atoms with Gasteiger partial charge in [-0.05, 0) is 59.6 Å². The molecule has 0 aromatic heterocycles. The van der Waals surface area contributed by atoms with Gasteiger partial charge in [0.15, 0.2) is 5.78 Å². The lowest BCUT2D eigenvalue weighted by molar-refractivity contribution is -0.114. The number of ketones is 1. The van der Waals surface area contributed by atoms with Crippen LogP contribution in [0, 0.1) is 10.8 Å². The summed E-state index contributed by atoms with van der Waals surface area (Å²) in [5, 5.41) is 0. The van der Waals surface area contributed by atoms with E-state index in [2.05, 4.69) is 103 Å². The average Bonchev–Trinajstić information content (AvgIpc) is 2.63. The molecule has 2 heteroatoms. The number of rotatable bonds is 6. The number of allylic oxidation sites excluding steroid dienone is 11. The zero-order valence-electron chi connectivity index (χ0n) is 20.4. The van der Waals surface area contributed by atoms with Crippen LogP contribution in [0.3, 0.4) is 0 Å². The van der Waals surface area contributed by atoms with Crippen LogP contribution in [0.1, 0.15) is 81.1 Å². The molecule has 2 aliphatic rings. The second-order valence-corrected chi connectivity index (χ2v) is 10.6. The van der Waals surface area contributed by atoms with Crippen LogP contribution >= 0.6 is 0 Å². The van der Waals surface area contributed by atoms with Crippen LogP contribution in [0.5, 0.6) is 0 Å². The number of carbonyl (C=O) groups excluding carboxylic acids is 1. The fourth-order valence-corrected chi connectivity index (χ4v) is 3.78. The first kappa shape index (κ1) is 24.2. The molecule has 0 amide bonds. The molecule has 2 nitrogen and oxygen atoms in total. The molecular formula is C28H41NO. The van der Waals surface area contributed by atoms with Crippen LogP contribution < -0.4 is 0 Å².